The number of ether oxygens (including phenoxy) is 1. The van der Waals surface area contributed by atoms with Crippen LogP contribution in [0.4, 0.5) is 9.18 Å². The molecular weight excluding hydrogens is 331 g/mol. The van der Waals surface area contributed by atoms with Crippen molar-refractivity contribution in [3.05, 3.63) is 48.0 Å². The molecule has 25 heavy (non-hydrogen) atoms. The van der Waals surface area contributed by atoms with Crippen LogP contribution in [0, 0.1) is 5.82 Å². The molecular formula is C17H17FN2O5. The number of hydrogen-bond acceptors (Lipinski definition) is 5. The summed E-state index contributed by atoms with van der Waals surface area (Å²) in [5, 5.41) is 4.41. The molecule has 0 saturated heterocycles. The van der Waals surface area contributed by atoms with Gasteiger partial charge in [0.1, 0.15) is 11.6 Å². The van der Waals surface area contributed by atoms with Crippen molar-refractivity contribution in [3.63, 3.8) is 0 Å². The zero-order valence-electron chi connectivity index (χ0n) is 13.7. The lowest BCUT2D eigenvalue weighted by Gasteiger charge is -2.12. The van der Waals surface area contributed by atoms with Crippen LogP contribution >= 0.6 is 0 Å². The summed E-state index contributed by atoms with van der Waals surface area (Å²) in [6.07, 6.45) is -1.21. The van der Waals surface area contributed by atoms with E-state index in [0.717, 1.165) is 0 Å². The van der Waals surface area contributed by atoms with E-state index in [1.165, 1.54) is 37.3 Å². The van der Waals surface area contributed by atoms with Gasteiger partial charge < -0.3 is 14.5 Å². The molecule has 1 aromatic heterocycles. The van der Waals surface area contributed by atoms with Gasteiger partial charge in [-0.3, -0.25) is 10.1 Å². The molecule has 8 heteroatoms. The number of imide groups is 1. The summed E-state index contributed by atoms with van der Waals surface area (Å²) in [7, 11) is 0. The molecule has 1 atom stereocenters. The number of esters is 1. The van der Waals surface area contributed by atoms with Crippen LogP contribution in [0.15, 0.2) is 40.8 Å². The molecule has 1 unspecified atom stereocenters. The van der Waals surface area contributed by atoms with E-state index in [1.54, 1.807) is 13.0 Å². The van der Waals surface area contributed by atoms with Crippen LogP contribution in [-0.4, -0.2) is 30.6 Å². The minimum atomic E-state index is -1.21. The van der Waals surface area contributed by atoms with Gasteiger partial charge in [-0.1, -0.05) is 12.1 Å². The lowest BCUT2D eigenvalue weighted by atomic mass is 10.1. The Morgan fingerprint density at radius 3 is 2.60 bits per heavy atom. The molecule has 0 aliphatic carbocycles. The molecule has 0 aliphatic rings. The van der Waals surface area contributed by atoms with E-state index in [2.05, 4.69) is 5.32 Å². The van der Waals surface area contributed by atoms with E-state index in [0.29, 0.717) is 6.54 Å². The molecule has 1 heterocycles. The van der Waals surface area contributed by atoms with E-state index in [9.17, 15) is 18.8 Å². The molecule has 0 saturated carbocycles. The summed E-state index contributed by atoms with van der Waals surface area (Å²) >= 11 is 0. The maximum Gasteiger partial charge on any atom is 0.375 e. The van der Waals surface area contributed by atoms with Crippen LogP contribution in [0.2, 0.25) is 0 Å². The highest BCUT2D eigenvalue weighted by molar-refractivity contribution is 5.98. The number of hydrogen-bond donors (Lipinski definition) is 2. The third-order valence-electron chi connectivity index (χ3n) is 3.17. The van der Waals surface area contributed by atoms with Gasteiger partial charge in [-0.15, -0.1) is 0 Å². The van der Waals surface area contributed by atoms with E-state index in [4.69, 9.17) is 9.15 Å². The number of furan rings is 1. The molecule has 1 aromatic carbocycles. The second-order valence-electron chi connectivity index (χ2n) is 5.04. The fourth-order valence-corrected chi connectivity index (χ4v) is 1.94. The van der Waals surface area contributed by atoms with Gasteiger partial charge in [-0.2, -0.15) is 0 Å². The number of nitrogens with one attached hydrogen (secondary N) is 2. The minimum absolute atomic E-state index is 0.157. The van der Waals surface area contributed by atoms with Crippen molar-refractivity contribution in [2.24, 2.45) is 0 Å². The summed E-state index contributed by atoms with van der Waals surface area (Å²) in [6.45, 7) is 3.35. The van der Waals surface area contributed by atoms with Crippen molar-refractivity contribution >= 4 is 17.9 Å². The maximum atomic E-state index is 13.7. The summed E-state index contributed by atoms with van der Waals surface area (Å²) in [5.74, 6) is -2.20. The van der Waals surface area contributed by atoms with Crippen molar-refractivity contribution in [1.82, 2.24) is 10.6 Å². The largest absolute Gasteiger partial charge is 0.449 e. The first-order chi connectivity index (χ1) is 11.9. The SMILES string of the molecule is CCNC(=O)NC(=O)C(C)OC(=O)c1ccc(-c2ccccc2F)o1. The number of amides is 3. The third-order valence-corrected chi connectivity index (χ3v) is 3.17. The Morgan fingerprint density at radius 1 is 1.20 bits per heavy atom. The van der Waals surface area contributed by atoms with Crippen molar-refractivity contribution in [2.45, 2.75) is 20.0 Å². The van der Waals surface area contributed by atoms with E-state index < -0.39 is 29.8 Å². The quantitative estimate of drug-likeness (QED) is 0.809. The summed E-state index contributed by atoms with van der Waals surface area (Å²) < 4.78 is 23.9. The van der Waals surface area contributed by atoms with Crippen molar-refractivity contribution < 1.29 is 27.9 Å². The normalized spacial score (nSPS) is 11.5. The highest BCUT2D eigenvalue weighted by Crippen LogP contribution is 2.25. The smallest absolute Gasteiger partial charge is 0.375 e. The highest BCUT2D eigenvalue weighted by Gasteiger charge is 2.23. The molecule has 0 radical (unpaired) electrons. The van der Waals surface area contributed by atoms with Gasteiger partial charge in [-0.05, 0) is 38.1 Å². The van der Waals surface area contributed by atoms with Crippen LogP contribution in [0.5, 0.6) is 0 Å². The molecule has 3 amide bonds. The molecule has 2 N–H and O–H groups in total. The summed E-state index contributed by atoms with van der Waals surface area (Å²) in [4.78, 5) is 35.0. The van der Waals surface area contributed by atoms with Gasteiger partial charge in [0.25, 0.3) is 5.91 Å². The molecule has 0 aliphatic heterocycles. The predicted octanol–water partition coefficient (Wildman–Crippen LogP) is 2.48. The molecule has 0 spiro atoms. The fourth-order valence-electron chi connectivity index (χ4n) is 1.94. The average molecular weight is 348 g/mol. The summed E-state index contributed by atoms with van der Waals surface area (Å²) in [5.41, 5.74) is 0.198. The monoisotopic (exact) mass is 348 g/mol. The zero-order chi connectivity index (χ0) is 18.4. The minimum Gasteiger partial charge on any atom is -0.449 e. The number of rotatable bonds is 5. The number of halogens is 1. The van der Waals surface area contributed by atoms with Crippen LogP contribution in [0.25, 0.3) is 11.3 Å². The molecule has 7 nitrogen and oxygen atoms in total. The Morgan fingerprint density at radius 2 is 1.92 bits per heavy atom. The Hall–Kier alpha value is -3.16. The van der Waals surface area contributed by atoms with Crippen LogP contribution in [-0.2, 0) is 9.53 Å². The topological polar surface area (TPSA) is 97.6 Å². The first kappa shape index (κ1) is 18.2. The van der Waals surface area contributed by atoms with Gasteiger partial charge >= 0.3 is 12.0 Å². The van der Waals surface area contributed by atoms with Gasteiger partial charge in [0, 0.05) is 6.54 Å². The number of carbonyl (C=O) groups excluding carboxylic acids is 3. The fraction of sp³-hybridized carbons (Fsp3) is 0.235. The second-order valence-corrected chi connectivity index (χ2v) is 5.04. The van der Waals surface area contributed by atoms with Crippen LogP contribution in [0.1, 0.15) is 24.4 Å². The van der Waals surface area contributed by atoms with Crippen molar-refractivity contribution in [1.29, 1.82) is 0 Å². The second kappa shape index (κ2) is 8.09. The van der Waals surface area contributed by atoms with Gasteiger partial charge in [0.2, 0.25) is 5.76 Å². The predicted molar refractivity (Wildman–Crippen MR) is 86.2 cm³/mol. The Bertz CT molecular complexity index is 787. The van der Waals surface area contributed by atoms with Gasteiger partial charge in [-0.25, -0.2) is 14.0 Å². The van der Waals surface area contributed by atoms with Gasteiger partial charge in [0.05, 0.1) is 5.56 Å². The molecule has 0 bridgehead atoms. The van der Waals surface area contributed by atoms with Crippen molar-refractivity contribution in [3.8, 4) is 11.3 Å². The van der Waals surface area contributed by atoms with E-state index in [1.807, 2.05) is 5.32 Å². The maximum absolute atomic E-state index is 13.7. The Kier molecular flexibility index (Phi) is 5.89. The number of benzene rings is 1. The van der Waals surface area contributed by atoms with Crippen LogP contribution in [0.3, 0.4) is 0 Å². The molecule has 0 fully saturated rings. The van der Waals surface area contributed by atoms with Crippen LogP contribution < -0.4 is 10.6 Å². The third kappa shape index (κ3) is 4.66. The van der Waals surface area contributed by atoms with E-state index in [-0.39, 0.29) is 17.1 Å². The Balaban J connectivity index is 2.01. The van der Waals surface area contributed by atoms with E-state index >= 15 is 0 Å². The molecule has 2 aromatic rings. The Labute approximate surface area is 143 Å². The number of urea groups is 1. The standard InChI is InChI=1S/C17H17FN2O5/c1-3-19-17(23)20-15(21)10(2)24-16(22)14-9-8-13(25-14)11-6-4-5-7-12(11)18/h4-10H,3H2,1-2H3,(H2,19,20,21,23). The first-order valence-electron chi connectivity index (χ1n) is 7.56. The van der Waals surface area contributed by atoms with Gasteiger partial charge in [0.15, 0.2) is 6.10 Å². The number of carbonyl (C=O) groups is 3. The summed E-state index contributed by atoms with van der Waals surface area (Å²) in [6, 6.07) is 8.00. The molecule has 132 valence electrons. The van der Waals surface area contributed by atoms with Crippen molar-refractivity contribution in [2.75, 3.05) is 6.54 Å². The lowest BCUT2D eigenvalue weighted by molar-refractivity contribution is -0.128. The lowest BCUT2D eigenvalue weighted by Crippen LogP contribution is -2.44. The first-order valence-corrected chi connectivity index (χ1v) is 7.56. The highest BCUT2D eigenvalue weighted by atomic mass is 19.1. The zero-order valence-corrected chi connectivity index (χ0v) is 13.7. The average Bonchev–Trinajstić information content (AvgIpc) is 3.05. The molecule has 2 rings (SSSR count).